The summed E-state index contributed by atoms with van der Waals surface area (Å²) in [4.78, 5) is 7.02. The molecular weight excluding hydrogens is 485 g/mol. The van der Waals surface area contributed by atoms with Crippen molar-refractivity contribution in [1.29, 1.82) is 10.5 Å². The summed E-state index contributed by atoms with van der Waals surface area (Å²) in [5, 5.41) is 14.1. The molecular formula is C22H5F7N4S. The minimum absolute atomic E-state index is 0.0546. The van der Waals surface area contributed by atoms with Gasteiger partial charge in [-0.25, -0.2) is 30.7 Å². The van der Waals surface area contributed by atoms with Crippen molar-refractivity contribution >= 4 is 53.1 Å². The molecule has 168 valence electrons. The van der Waals surface area contributed by atoms with Gasteiger partial charge in [-0.2, -0.15) is 20.5 Å². The molecule has 5 rings (SSSR count). The third-order valence-corrected chi connectivity index (χ3v) is 6.88. The van der Waals surface area contributed by atoms with Crippen LogP contribution in [0.3, 0.4) is 0 Å². The summed E-state index contributed by atoms with van der Waals surface area (Å²) in [7, 11) is 0. The molecule has 0 aliphatic heterocycles. The van der Waals surface area contributed by atoms with Crippen molar-refractivity contribution in [3.8, 4) is 12.4 Å². The van der Waals surface area contributed by atoms with Crippen LogP contribution in [0.1, 0.15) is 12.5 Å². The number of fused-ring (bicyclic) bond motifs is 7. The van der Waals surface area contributed by atoms with Gasteiger partial charge >= 0.3 is 0 Å². The second kappa shape index (κ2) is 7.23. The molecule has 0 amide bonds. The minimum atomic E-state index is -2.16. The van der Waals surface area contributed by atoms with Crippen LogP contribution in [0.15, 0.2) is 9.98 Å². The lowest BCUT2D eigenvalue weighted by Crippen LogP contribution is -2.06. The van der Waals surface area contributed by atoms with Crippen LogP contribution in [-0.2, 0) is 6.42 Å². The van der Waals surface area contributed by atoms with Gasteiger partial charge in [-0.05, 0) is 6.42 Å². The quantitative estimate of drug-likeness (QED) is 0.134. The largest absolute Gasteiger partial charge is 0.206 e. The van der Waals surface area contributed by atoms with E-state index in [1.165, 1.54) is 19.3 Å². The minimum Gasteiger partial charge on any atom is -0.203 e. The number of hydrogen-bond acceptors (Lipinski definition) is 5. The molecule has 1 aromatic heterocycles. The molecule has 1 heterocycles. The van der Waals surface area contributed by atoms with E-state index in [0.717, 1.165) is 0 Å². The first-order valence-electron chi connectivity index (χ1n) is 9.38. The number of rotatable bonds is 1. The van der Waals surface area contributed by atoms with Crippen LogP contribution in [0.4, 0.5) is 30.7 Å². The Morgan fingerprint density at radius 3 is 1.47 bits per heavy atom. The van der Waals surface area contributed by atoms with E-state index in [-0.39, 0.29) is 37.5 Å². The number of nitrogens with zero attached hydrogens (tertiary/aromatic N) is 4. The summed E-state index contributed by atoms with van der Waals surface area (Å²) in [5.41, 5.74) is -0.318. The van der Waals surface area contributed by atoms with Crippen LogP contribution < -0.4 is 10.7 Å². The monoisotopic (exact) mass is 490 g/mol. The van der Waals surface area contributed by atoms with Gasteiger partial charge in [0.2, 0.25) is 12.4 Å². The summed E-state index contributed by atoms with van der Waals surface area (Å²) in [6.45, 7) is 1.44. The predicted molar refractivity (Wildman–Crippen MR) is 108 cm³/mol. The fourth-order valence-electron chi connectivity index (χ4n) is 4.41. The van der Waals surface area contributed by atoms with Gasteiger partial charge in [0.25, 0.3) is 0 Å². The van der Waals surface area contributed by atoms with Crippen molar-refractivity contribution in [3.05, 3.63) is 57.0 Å². The number of hydrogen-bond donors (Lipinski definition) is 0. The van der Waals surface area contributed by atoms with Crippen LogP contribution in [-0.4, -0.2) is 0 Å². The van der Waals surface area contributed by atoms with Crippen molar-refractivity contribution in [2.24, 2.45) is 9.98 Å². The van der Waals surface area contributed by atoms with Gasteiger partial charge in [-0.15, -0.1) is 11.3 Å². The number of benzene rings is 2. The topological polar surface area (TPSA) is 72.3 Å². The summed E-state index contributed by atoms with van der Waals surface area (Å²) in [5.74, 6) is -13.0. The second-order valence-corrected chi connectivity index (χ2v) is 8.18. The van der Waals surface area contributed by atoms with Crippen LogP contribution in [0.2, 0.25) is 0 Å². The summed E-state index contributed by atoms with van der Waals surface area (Å²) in [6, 6.07) is 0. The molecule has 0 saturated heterocycles. The highest BCUT2D eigenvalue weighted by atomic mass is 32.1. The Hall–Kier alpha value is -4.03. The van der Waals surface area contributed by atoms with Gasteiger partial charge in [0.05, 0.1) is 14.8 Å². The van der Waals surface area contributed by atoms with Gasteiger partial charge in [0, 0.05) is 32.5 Å². The Labute approximate surface area is 187 Å². The molecule has 0 N–H and O–H groups in total. The Balaban J connectivity index is 2.29. The van der Waals surface area contributed by atoms with Crippen LogP contribution in [0, 0.1) is 63.6 Å². The molecule has 0 aliphatic carbocycles. The van der Waals surface area contributed by atoms with Gasteiger partial charge in [-0.1, -0.05) is 6.92 Å². The molecule has 5 aromatic rings. The van der Waals surface area contributed by atoms with E-state index in [9.17, 15) is 26.3 Å². The highest BCUT2D eigenvalue weighted by molar-refractivity contribution is 7.26. The number of thiophene rings is 1. The highest BCUT2D eigenvalue weighted by Gasteiger charge is 2.32. The average molecular weight is 490 g/mol. The maximum atomic E-state index is 15.1. The molecule has 4 aromatic carbocycles. The molecule has 0 saturated carbocycles. The Kier molecular flexibility index (Phi) is 4.64. The Morgan fingerprint density at radius 2 is 1.00 bits per heavy atom. The normalized spacial score (nSPS) is 13.1. The van der Waals surface area contributed by atoms with Gasteiger partial charge in [0.15, 0.2) is 40.7 Å². The molecule has 34 heavy (non-hydrogen) atoms. The Morgan fingerprint density at radius 1 is 0.588 bits per heavy atom. The van der Waals surface area contributed by atoms with E-state index >= 15 is 4.39 Å². The van der Waals surface area contributed by atoms with Crippen LogP contribution in [0.5, 0.6) is 0 Å². The van der Waals surface area contributed by atoms with Gasteiger partial charge in [-0.3, -0.25) is 0 Å². The standard InChI is InChI=1S/C22H5F7N4S/c1-2-5-6-7(13(24)16(27)12(5)23)9-10-8-11(15(26)18(29)17(28)14(8)25)20(33-4-31)22(10)34-21(9)19(6)32-3-30/h2H2,1H3/b32-19-,33-20+. The summed E-state index contributed by atoms with van der Waals surface area (Å²) in [6.07, 6.45) is 2.70. The van der Waals surface area contributed by atoms with E-state index in [0.29, 0.717) is 11.3 Å². The lowest BCUT2D eigenvalue weighted by molar-refractivity contribution is 0.418. The fraction of sp³-hybridized carbons (Fsp3) is 0.0909. The average Bonchev–Trinajstić information content (AvgIpc) is 3.43. The summed E-state index contributed by atoms with van der Waals surface area (Å²) >= 11 is 0.636. The Bertz CT molecular complexity index is 1950. The fourth-order valence-corrected chi connectivity index (χ4v) is 5.71. The predicted octanol–water partition coefficient (Wildman–Crippen LogP) is 5.54. The highest BCUT2D eigenvalue weighted by Crippen LogP contribution is 2.45. The molecule has 0 fully saturated rings. The van der Waals surface area contributed by atoms with E-state index in [1.54, 1.807) is 0 Å². The lowest BCUT2D eigenvalue weighted by atomic mass is 10.0. The molecule has 0 aliphatic rings. The van der Waals surface area contributed by atoms with Gasteiger partial charge in [0.1, 0.15) is 10.7 Å². The molecule has 0 radical (unpaired) electrons. The molecule has 0 atom stereocenters. The van der Waals surface area contributed by atoms with E-state index in [1.807, 2.05) is 0 Å². The molecule has 0 spiro atoms. The third kappa shape index (κ3) is 2.41. The van der Waals surface area contributed by atoms with Crippen LogP contribution >= 0.6 is 11.3 Å². The maximum Gasteiger partial charge on any atom is 0.206 e. The smallest absolute Gasteiger partial charge is 0.203 e. The van der Waals surface area contributed by atoms with Crippen molar-refractivity contribution < 1.29 is 30.7 Å². The maximum absolute atomic E-state index is 15.1. The van der Waals surface area contributed by atoms with Gasteiger partial charge < -0.3 is 0 Å². The molecule has 4 nitrogen and oxygen atoms in total. The number of halogens is 7. The lowest BCUT2D eigenvalue weighted by Gasteiger charge is -2.06. The van der Waals surface area contributed by atoms with Crippen molar-refractivity contribution in [2.75, 3.05) is 0 Å². The number of aryl methyl sites for hydroxylation is 1. The van der Waals surface area contributed by atoms with Crippen molar-refractivity contribution in [3.63, 3.8) is 0 Å². The summed E-state index contributed by atoms with van der Waals surface area (Å²) < 4.78 is 102. The molecule has 0 bridgehead atoms. The van der Waals surface area contributed by atoms with E-state index < -0.39 is 67.6 Å². The zero-order valence-electron chi connectivity index (χ0n) is 16.5. The van der Waals surface area contributed by atoms with E-state index in [4.69, 9.17) is 10.5 Å². The first kappa shape index (κ1) is 21.8. The molecule has 0 unspecified atom stereocenters. The van der Waals surface area contributed by atoms with E-state index in [2.05, 4.69) is 9.98 Å². The van der Waals surface area contributed by atoms with Crippen molar-refractivity contribution in [2.45, 2.75) is 13.3 Å². The zero-order chi connectivity index (χ0) is 24.6. The first-order chi connectivity index (χ1) is 16.2. The first-order valence-corrected chi connectivity index (χ1v) is 10.2. The SMILES string of the molecule is CCc1c(F)c(F)c(F)c2c1/c(=N/C#N)c1sc3/c(=N/C#N)c4c(F)c(F)c(F)c(F)c4c3c12. The van der Waals surface area contributed by atoms with Crippen molar-refractivity contribution in [1.82, 2.24) is 0 Å². The number of nitriles is 2. The van der Waals surface area contributed by atoms with Crippen LogP contribution in [0.25, 0.3) is 41.7 Å². The second-order valence-electron chi connectivity index (χ2n) is 7.16. The third-order valence-electron chi connectivity index (χ3n) is 5.68. The molecule has 12 heteroatoms. The zero-order valence-corrected chi connectivity index (χ0v) is 17.4.